The van der Waals surface area contributed by atoms with Crippen molar-refractivity contribution in [1.82, 2.24) is 4.98 Å². The highest BCUT2D eigenvalue weighted by atomic mass is 16.5. The standard InChI is InChI=1S/C9H10N2O2/c1-12-6-7-3-8(13-2)5-11-9(7)4-10/h3,5H,6H2,1-2H3/i1D3,2D3. The number of rotatable bonds is 3. The molecule has 13 heavy (non-hydrogen) atoms. The lowest BCUT2D eigenvalue weighted by Gasteiger charge is -2.04. The van der Waals surface area contributed by atoms with Gasteiger partial charge < -0.3 is 9.47 Å². The van der Waals surface area contributed by atoms with E-state index in [0.29, 0.717) is 0 Å². The summed E-state index contributed by atoms with van der Waals surface area (Å²) in [5.74, 6) is -0.0943. The molecule has 4 nitrogen and oxygen atoms in total. The van der Waals surface area contributed by atoms with Crippen LogP contribution < -0.4 is 4.74 Å². The first kappa shape index (κ1) is 4.07. The molecule has 1 aromatic rings. The van der Waals surface area contributed by atoms with Crippen molar-refractivity contribution in [2.24, 2.45) is 0 Å². The molecular weight excluding hydrogens is 168 g/mol. The van der Waals surface area contributed by atoms with Gasteiger partial charge in [-0.2, -0.15) is 5.26 Å². The van der Waals surface area contributed by atoms with Crippen molar-refractivity contribution in [1.29, 1.82) is 5.26 Å². The van der Waals surface area contributed by atoms with E-state index < -0.39 is 20.7 Å². The quantitative estimate of drug-likeness (QED) is 0.706. The molecule has 68 valence electrons. The van der Waals surface area contributed by atoms with E-state index in [4.69, 9.17) is 13.5 Å². The molecule has 4 heteroatoms. The van der Waals surface area contributed by atoms with Gasteiger partial charge in [0, 0.05) is 12.6 Å². The summed E-state index contributed by atoms with van der Waals surface area (Å²) in [5, 5.41) is 8.81. The Kier molecular flexibility index (Phi) is 1.39. The average molecular weight is 184 g/mol. The third-order valence-electron chi connectivity index (χ3n) is 1.39. The van der Waals surface area contributed by atoms with Gasteiger partial charge in [0.05, 0.1) is 28.1 Å². The van der Waals surface area contributed by atoms with E-state index in [1.54, 1.807) is 6.07 Å². The molecule has 0 saturated heterocycles. The first-order valence-corrected chi connectivity index (χ1v) is 3.33. The zero-order valence-electron chi connectivity index (χ0n) is 12.6. The van der Waals surface area contributed by atoms with Crippen molar-refractivity contribution in [3.8, 4) is 11.8 Å². The fourth-order valence-electron chi connectivity index (χ4n) is 0.833. The predicted octanol–water partition coefficient (Wildman–Crippen LogP) is 1.11. The first-order chi connectivity index (χ1) is 8.61. The van der Waals surface area contributed by atoms with Crippen LogP contribution in [0.25, 0.3) is 0 Å². The molecule has 0 aromatic carbocycles. The second kappa shape index (κ2) is 4.43. The minimum absolute atomic E-state index is 0.0536. The van der Waals surface area contributed by atoms with Gasteiger partial charge in [-0.05, 0) is 6.07 Å². The summed E-state index contributed by atoms with van der Waals surface area (Å²) in [4.78, 5) is 3.68. The Hall–Kier alpha value is -1.60. The monoisotopic (exact) mass is 184 g/mol. The van der Waals surface area contributed by atoms with Crippen LogP contribution >= 0.6 is 0 Å². The van der Waals surface area contributed by atoms with E-state index >= 15 is 0 Å². The molecule has 0 unspecified atom stereocenters. The Morgan fingerprint density at radius 1 is 1.69 bits per heavy atom. The Balaban J connectivity index is 2.94. The van der Waals surface area contributed by atoms with Crippen LogP contribution in [-0.2, 0) is 11.3 Å². The highest BCUT2D eigenvalue weighted by Crippen LogP contribution is 2.14. The molecule has 0 saturated carbocycles. The van der Waals surface area contributed by atoms with Crippen molar-refractivity contribution in [2.75, 3.05) is 14.1 Å². The van der Waals surface area contributed by atoms with Gasteiger partial charge in [-0.3, -0.25) is 0 Å². The first-order valence-electron chi connectivity index (χ1n) is 6.33. The summed E-state index contributed by atoms with van der Waals surface area (Å²) in [6.07, 6.45) is 1.07. The number of pyridine rings is 1. The third-order valence-corrected chi connectivity index (χ3v) is 1.39. The lowest BCUT2D eigenvalue weighted by atomic mass is 10.2. The van der Waals surface area contributed by atoms with Crippen LogP contribution in [0, 0.1) is 11.3 Å². The van der Waals surface area contributed by atoms with Crippen LogP contribution in [-0.4, -0.2) is 19.1 Å². The Bertz CT molecular complexity index is 491. The number of ether oxygens (including phenoxy) is 2. The van der Waals surface area contributed by atoms with E-state index in [1.807, 2.05) is 0 Å². The summed E-state index contributed by atoms with van der Waals surface area (Å²) in [7, 11) is -5.27. The minimum atomic E-state index is -2.65. The van der Waals surface area contributed by atoms with Crippen LogP contribution in [0.15, 0.2) is 12.3 Å². The van der Waals surface area contributed by atoms with Crippen LogP contribution in [0.2, 0.25) is 0 Å². The van der Waals surface area contributed by atoms with Crippen LogP contribution in [0.3, 0.4) is 0 Å². The largest absolute Gasteiger partial charge is 0.495 e. The minimum Gasteiger partial charge on any atom is -0.495 e. The SMILES string of the molecule is [2H]C([2H])([2H])OCc1cc(OC([2H])([2H])[2H])cnc1C#N. The molecule has 0 amide bonds. The number of aromatic nitrogens is 1. The number of methoxy groups -OCH3 is 2. The molecule has 0 atom stereocenters. The number of nitrogens with zero attached hydrogens (tertiary/aromatic N) is 2. The normalized spacial score (nSPS) is 18.1. The van der Waals surface area contributed by atoms with Gasteiger partial charge in [0.15, 0.2) is 0 Å². The molecule has 0 bridgehead atoms. The summed E-state index contributed by atoms with van der Waals surface area (Å²) in [6.45, 7) is -0.398. The third kappa shape index (κ3) is 2.17. The van der Waals surface area contributed by atoms with E-state index in [0.717, 1.165) is 6.20 Å². The Labute approximate surface area is 85.2 Å². The van der Waals surface area contributed by atoms with Crippen molar-refractivity contribution < 1.29 is 17.7 Å². The smallest absolute Gasteiger partial charge is 0.146 e. The van der Waals surface area contributed by atoms with E-state index in [-0.39, 0.29) is 17.0 Å². The highest BCUT2D eigenvalue weighted by Gasteiger charge is 2.04. The molecule has 0 fully saturated rings. The summed E-state index contributed by atoms with van der Waals surface area (Å²) in [5.41, 5.74) is 0.0857. The number of nitriles is 1. The molecular formula is C9H10N2O2. The van der Waals surface area contributed by atoms with Gasteiger partial charge >= 0.3 is 0 Å². The van der Waals surface area contributed by atoms with Crippen LogP contribution in [0.1, 0.15) is 19.5 Å². The fourth-order valence-corrected chi connectivity index (χ4v) is 0.833. The molecule has 0 N–H and O–H groups in total. The maximum absolute atomic E-state index is 8.81. The summed E-state index contributed by atoms with van der Waals surface area (Å²) >= 11 is 0. The molecule has 0 spiro atoms. The second-order valence-electron chi connectivity index (χ2n) is 2.18. The van der Waals surface area contributed by atoms with Crippen molar-refractivity contribution in [2.45, 2.75) is 6.61 Å². The van der Waals surface area contributed by atoms with Gasteiger partial charge in [-0.15, -0.1) is 0 Å². The van der Waals surface area contributed by atoms with Crippen molar-refractivity contribution in [3.05, 3.63) is 23.5 Å². The zero-order valence-corrected chi connectivity index (χ0v) is 6.57. The fraction of sp³-hybridized carbons (Fsp3) is 0.333. The number of hydrogen-bond acceptors (Lipinski definition) is 4. The molecule has 1 heterocycles. The molecule has 0 aliphatic carbocycles. The maximum Gasteiger partial charge on any atom is 0.146 e. The highest BCUT2D eigenvalue weighted by molar-refractivity contribution is 5.35. The molecule has 1 aromatic heterocycles. The lowest BCUT2D eigenvalue weighted by Crippen LogP contribution is -1.96. The zero-order chi connectivity index (χ0) is 14.7. The summed E-state index contributed by atoms with van der Waals surface area (Å²) < 4.78 is 50.7. The second-order valence-corrected chi connectivity index (χ2v) is 2.18. The predicted molar refractivity (Wildman–Crippen MR) is 46.2 cm³/mol. The number of hydrogen-bond donors (Lipinski definition) is 0. The van der Waals surface area contributed by atoms with E-state index in [2.05, 4.69) is 14.5 Å². The van der Waals surface area contributed by atoms with Gasteiger partial charge in [-0.1, -0.05) is 0 Å². The van der Waals surface area contributed by atoms with Gasteiger partial charge in [0.1, 0.15) is 17.5 Å². The van der Waals surface area contributed by atoms with E-state index in [9.17, 15) is 0 Å². The summed E-state index contributed by atoms with van der Waals surface area (Å²) in [6, 6.07) is 2.96. The van der Waals surface area contributed by atoms with Gasteiger partial charge in [0.25, 0.3) is 0 Å². The molecule has 0 aliphatic rings. The Morgan fingerprint density at radius 3 is 3.31 bits per heavy atom. The van der Waals surface area contributed by atoms with Gasteiger partial charge in [-0.25, -0.2) is 4.98 Å². The average Bonchev–Trinajstić information content (AvgIpc) is 2.23. The topological polar surface area (TPSA) is 55.1 Å². The van der Waals surface area contributed by atoms with Crippen LogP contribution in [0.5, 0.6) is 5.75 Å². The molecule has 0 radical (unpaired) electrons. The molecule has 1 rings (SSSR count). The maximum atomic E-state index is 8.81. The Morgan fingerprint density at radius 2 is 2.62 bits per heavy atom. The lowest BCUT2D eigenvalue weighted by molar-refractivity contribution is 0.184. The van der Waals surface area contributed by atoms with Crippen molar-refractivity contribution >= 4 is 0 Å². The van der Waals surface area contributed by atoms with Crippen LogP contribution in [0.4, 0.5) is 0 Å². The molecule has 0 aliphatic heterocycles. The van der Waals surface area contributed by atoms with Gasteiger partial charge in [0.2, 0.25) is 0 Å². The van der Waals surface area contributed by atoms with Crippen molar-refractivity contribution in [3.63, 3.8) is 0 Å². The van der Waals surface area contributed by atoms with E-state index in [1.165, 1.54) is 6.07 Å².